The van der Waals surface area contributed by atoms with Crippen LogP contribution in [0.5, 0.6) is 0 Å². The Labute approximate surface area is 180 Å². The summed E-state index contributed by atoms with van der Waals surface area (Å²) in [5.74, 6) is -0.315. The average Bonchev–Trinajstić information content (AvgIpc) is 3.39. The fourth-order valence-corrected chi connectivity index (χ4v) is 2.90. The summed E-state index contributed by atoms with van der Waals surface area (Å²) < 4.78 is 43.4. The number of hydrogen-bond acceptors (Lipinski definition) is 6. The first kappa shape index (κ1) is 21.3. The summed E-state index contributed by atoms with van der Waals surface area (Å²) in [6.07, 6.45) is -4.45. The number of imidazole rings is 1. The number of H-pyrrole nitrogens is 1. The number of rotatable bonds is 5. The van der Waals surface area contributed by atoms with Gasteiger partial charge in [0.2, 0.25) is 11.8 Å². The topological polar surface area (TPSA) is 99.9 Å². The first-order valence-electron chi connectivity index (χ1n) is 9.67. The molecule has 0 saturated carbocycles. The van der Waals surface area contributed by atoms with Gasteiger partial charge in [0.25, 0.3) is 0 Å². The summed E-state index contributed by atoms with van der Waals surface area (Å²) in [7, 11) is 1.93. The zero-order valence-electron chi connectivity index (χ0n) is 17.4. The van der Waals surface area contributed by atoms with Crippen molar-refractivity contribution in [1.29, 1.82) is 0 Å². The number of carbonyl (C=O) groups excluding carboxylic acids is 1. The second kappa shape index (κ2) is 7.98. The number of nitrogens with zero attached hydrogens (tertiary/aromatic N) is 4. The van der Waals surface area contributed by atoms with Gasteiger partial charge < -0.3 is 19.6 Å². The van der Waals surface area contributed by atoms with Crippen molar-refractivity contribution in [3.63, 3.8) is 0 Å². The van der Waals surface area contributed by atoms with E-state index in [0.29, 0.717) is 11.6 Å². The smallest absolute Gasteiger partial charge is 0.412 e. The fourth-order valence-electron chi connectivity index (χ4n) is 2.90. The first-order chi connectivity index (χ1) is 15.1. The molecule has 0 atom stereocenters. The van der Waals surface area contributed by atoms with E-state index >= 15 is 0 Å². The summed E-state index contributed by atoms with van der Waals surface area (Å²) in [6.45, 7) is 4.09. The third-order valence-corrected chi connectivity index (χ3v) is 4.91. The second-order valence-corrected chi connectivity index (χ2v) is 7.44. The molecule has 32 heavy (non-hydrogen) atoms. The quantitative estimate of drug-likeness (QED) is 0.462. The van der Waals surface area contributed by atoms with Crippen molar-refractivity contribution in [2.45, 2.75) is 26.1 Å². The number of anilines is 2. The van der Waals surface area contributed by atoms with Crippen LogP contribution in [0, 0.1) is 0 Å². The van der Waals surface area contributed by atoms with E-state index in [2.05, 4.69) is 25.5 Å². The Morgan fingerprint density at radius 3 is 2.50 bits per heavy atom. The number of nitrogens with one attached hydrogen (secondary N) is 2. The fraction of sp³-hybridized carbons (Fsp3) is 0.238. The predicted octanol–water partition coefficient (Wildman–Crippen LogP) is 4.73. The molecule has 2 aromatic carbocycles. The summed E-state index contributed by atoms with van der Waals surface area (Å²) in [5, 5.41) is 10.1. The Hall–Kier alpha value is -3.89. The zero-order valence-corrected chi connectivity index (χ0v) is 17.4. The van der Waals surface area contributed by atoms with Gasteiger partial charge in [0.05, 0.1) is 16.6 Å². The van der Waals surface area contributed by atoms with Gasteiger partial charge in [0, 0.05) is 24.3 Å². The SMILES string of the molecule is CC(C)N(C)c1nc2ccc(NC(=O)c3nnc(-c4ccc(C(F)(F)F)cc4)o3)cc2[nH]1. The van der Waals surface area contributed by atoms with Gasteiger partial charge in [-0.2, -0.15) is 13.2 Å². The van der Waals surface area contributed by atoms with E-state index in [0.717, 1.165) is 23.2 Å². The Bertz CT molecular complexity index is 1260. The normalized spacial score (nSPS) is 11.8. The molecule has 0 aliphatic heterocycles. The predicted molar refractivity (Wildman–Crippen MR) is 112 cm³/mol. The van der Waals surface area contributed by atoms with E-state index in [1.54, 1.807) is 18.2 Å². The molecule has 0 radical (unpaired) electrons. The maximum Gasteiger partial charge on any atom is 0.416 e. The molecule has 2 heterocycles. The number of fused-ring (bicyclic) bond motifs is 1. The van der Waals surface area contributed by atoms with Crippen molar-refractivity contribution in [2.24, 2.45) is 0 Å². The summed E-state index contributed by atoms with van der Waals surface area (Å²) in [6, 6.07) is 9.66. The molecule has 0 saturated heterocycles. The van der Waals surface area contributed by atoms with Crippen molar-refractivity contribution in [2.75, 3.05) is 17.3 Å². The van der Waals surface area contributed by atoms with Crippen molar-refractivity contribution < 1.29 is 22.4 Å². The van der Waals surface area contributed by atoms with Crippen LogP contribution in [0.3, 0.4) is 0 Å². The lowest BCUT2D eigenvalue weighted by atomic mass is 10.1. The highest BCUT2D eigenvalue weighted by atomic mass is 19.4. The van der Waals surface area contributed by atoms with Crippen molar-refractivity contribution in [3.8, 4) is 11.5 Å². The first-order valence-corrected chi connectivity index (χ1v) is 9.67. The van der Waals surface area contributed by atoms with E-state index < -0.39 is 17.6 Å². The number of benzene rings is 2. The Balaban J connectivity index is 1.50. The van der Waals surface area contributed by atoms with E-state index in [-0.39, 0.29) is 23.4 Å². The molecule has 0 aliphatic rings. The number of hydrogen-bond donors (Lipinski definition) is 2. The molecule has 2 N–H and O–H groups in total. The number of aromatic nitrogens is 4. The van der Waals surface area contributed by atoms with Crippen molar-refractivity contribution in [1.82, 2.24) is 20.2 Å². The minimum absolute atomic E-state index is 0.0609. The number of aromatic amines is 1. The van der Waals surface area contributed by atoms with Crippen LogP contribution in [0.25, 0.3) is 22.5 Å². The third kappa shape index (κ3) is 4.27. The average molecular weight is 444 g/mol. The lowest BCUT2D eigenvalue weighted by molar-refractivity contribution is -0.137. The Morgan fingerprint density at radius 2 is 1.84 bits per heavy atom. The molecule has 4 aromatic rings. The van der Waals surface area contributed by atoms with Crippen LogP contribution in [0.2, 0.25) is 0 Å². The van der Waals surface area contributed by atoms with Gasteiger partial charge in [-0.15, -0.1) is 10.2 Å². The van der Waals surface area contributed by atoms with Gasteiger partial charge in [-0.3, -0.25) is 4.79 Å². The molecule has 0 aliphatic carbocycles. The maximum atomic E-state index is 12.7. The van der Waals surface area contributed by atoms with E-state index in [4.69, 9.17) is 4.42 Å². The second-order valence-electron chi connectivity index (χ2n) is 7.44. The minimum Gasteiger partial charge on any atom is -0.412 e. The minimum atomic E-state index is -4.45. The molecular formula is C21H19F3N6O2. The molecule has 0 unspecified atom stereocenters. The highest BCUT2D eigenvalue weighted by molar-refractivity contribution is 6.02. The lowest BCUT2D eigenvalue weighted by Crippen LogP contribution is -2.26. The van der Waals surface area contributed by atoms with Gasteiger partial charge in [-0.1, -0.05) is 0 Å². The number of halogens is 3. The van der Waals surface area contributed by atoms with Crippen LogP contribution in [0.1, 0.15) is 30.1 Å². The summed E-state index contributed by atoms with van der Waals surface area (Å²) in [4.78, 5) is 22.2. The van der Waals surface area contributed by atoms with E-state index in [9.17, 15) is 18.0 Å². The molecule has 8 nitrogen and oxygen atoms in total. The van der Waals surface area contributed by atoms with Crippen molar-refractivity contribution in [3.05, 3.63) is 53.9 Å². The standard InChI is InChI=1S/C21H19F3N6O2/c1-11(2)30(3)20-26-15-9-8-14(10-16(15)27-20)25-17(31)19-29-28-18(32-19)12-4-6-13(7-5-12)21(22,23)24/h4-11H,1-3H3,(H,25,31)(H,26,27). The molecule has 0 fully saturated rings. The molecular weight excluding hydrogens is 425 g/mol. The molecule has 2 aromatic heterocycles. The van der Waals surface area contributed by atoms with Crippen molar-refractivity contribution >= 4 is 28.6 Å². The largest absolute Gasteiger partial charge is 0.416 e. The monoisotopic (exact) mass is 444 g/mol. The van der Waals surface area contributed by atoms with Crippen LogP contribution in [-0.2, 0) is 6.18 Å². The lowest BCUT2D eigenvalue weighted by Gasteiger charge is -2.19. The third-order valence-electron chi connectivity index (χ3n) is 4.91. The van der Waals surface area contributed by atoms with Gasteiger partial charge in [0.1, 0.15) is 0 Å². The molecule has 166 valence electrons. The molecule has 11 heteroatoms. The van der Waals surface area contributed by atoms with E-state index in [1.165, 1.54) is 12.1 Å². The number of alkyl halides is 3. The molecule has 4 rings (SSSR count). The highest BCUT2D eigenvalue weighted by Gasteiger charge is 2.30. The number of amides is 1. The van der Waals surface area contributed by atoms with Crippen LogP contribution >= 0.6 is 0 Å². The van der Waals surface area contributed by atoms with Crippen LogP contribution < -0.4 is 10.2 Å². The zero-order chi connectivity index (χ0) is 23.0. The molecule has 1 amide bonds. The summed E-state index contributed by atoms with van der Waals surface area (Å²) in [5.41, 5.74) is 1.44. The van der Waals surface area contributed by atoms with Gasteiger partial charge in [-0.25, -0.2) is 4.98 Å². The number of carbonyl (C=O) groups is 1. The Morgan fingerprint density at radius 1 is 1.12 bits per heavy atom. The van der Waals surface area contributed by atoms with Crippen LogP contribution in [0.15, 0.2) is 46.9 Å². The van der Waals surface area contributed by atoms with E-state index in [1.807, 2.05) is 25.8 Å². The molecule has 0 spiro atoms. The van der Waals surface area contributed by atoms with Crippen LogP contribution in [-0.4, -0.2) is 39.2 Å². The van der Waals surface area contributed by atoms with Gasteiger partial charge in [0.15, 0.2) is 0 Å². The summed E-state index contributed by atoms with van der Waals surface area (Å²) >= 11 is 0. The highest BCUT2D eigenvalue weighted by Crippen LogP contribution is 2.30. The maximum absolute atomic E-state index is 12.7. The van der Waals surface area contributed by atoms with Gasteiger partial charge >= 0.3 is 18.0 Å². The molecule has 0 bridgehead atoms. The van der Waals surface area contributed by atoms with Gasteiger partial charge in [-0.05, 0) is 56.3 Å². The van der Waals surface area contributed by atoms with Crippen LogP contribution in [0.4, 0.5) is 24.8 Å². The Kier molecular flexibility index (Phi) is 5.33.